The van der Waals surface area contributed by atoms with E-state index in [1.807, 2.05) is 12.1 Å². The predicted molar refractivity (Wildman–Crippen MR) is 72.6 cm³/mol. The van der Waals surface area contributed by atoms with Gasteiger partial charge in [-0.3, -0.25) is 4.98 Å². The highest BCUT2D eigenvalue weighted by atomic mass is 16.5. The average Bonchev–Trinajstić information content (AvgIpc) is 2.30. The van der Waals surface area contributed by atoms with Crippen molar-refractivity contribution in [1.29, 1.82) is 0 Å². The van der Waals surface area contributed by atoms with Crippen LogP contribution >= 0.6 is 0 Å². The molecule has 0 aliphatic rings. The number of nitrogens with one attached hydrogen (secondary N) is 1. The van der Waals surface area contributed by atoms with Gasteiger partial charge in [0, 0.05) is 13.0 Å². The quantitative estimate of drug-likeness (QED) is 0.696. The van der Waals surface area contributed by atoms with Crippen molar-refractivity contribution >= 4 is 0 Å². The van der Waals surface area contributed by atoms with E-state index in [2.05, 4.69) is 17.2 Å². The fourth-order valence-electron chi connectivity index (χ4n) is 1.41. The molecular weight excluding hydrogens is 228 g/mol. The molecule has 2 N–H and O–H groups in total. The van der Waals surface area contributed by atoms with Crippen molar-refractivity contribution < 1.29 is 9.84 Å². The summed E-state index contributed by atoms with van der Waals surface area (Å²) in [6.07, 6.45) is 3.46. The average molecular weight is 252 g/mol. The Kier molecular flexibility index (Phi) is 6.09. The molecule has 0 saturated heterocycles. The van der Waals surface area contributed by atoms with Crippen LogP contribution in [0, 0.1) is 0 Å². The zero-order valence-corrected chi connectivity index (χ0v) is 11.6. The summed E-state index contributed by atoms with van der Waals surface area (Å²) < 4.78 is 5.52. The summed E-state index contributed by atoms with van der Waals surface area (Å²) in [5, 5.41) is 12.9. The number of hydrogen-bond donors (Lipinski definition) is 2. The molecule has 0 radical (unpaired) electrons. The van der Waals surface area contributed by atoms with Gasteiger partial charge < -0.3 is 15.2 Å². The van der Waals surface area contributed by atoms with E-state index in [0.717, 1.165) is 31.0 Å². The van der Waals surface area contributed by atoms with E-state index in [1.54, 1.807) is 20.0 Å². The van der Waals surface area contributed by atoms with Gasteiger partial charge in [-0.1, -0.05) is 6.92 Å². The van der Waals surface area contributed by atoms with Crippen LogP contribution in [-0.4, -0.2) is 28.8 Å². The lowest BCUT2D eigenvalue weighted by atomic mass is 10.1. The van der Waals surface area contributed by atoms with Gasteiger partial charge in [0.2, 0.25) is 0 Å². The second kappa shape index (κ2) is 7.34. The first kappa shape index (κ1) is 14.9. The molecule has 1 aromatic rings. The molecule has 1 heterocycles. The van der Waals surface area contributed by atoms with Gasteiger partial charge in [0.05, 0.1) is 24.1 Å². The van der Waals surface area contributed by atoms with E-state index in [-0.39, 0.29) is 0 Å². The molecule has 0 amide bonds. The van der Waals surface area contributed by atoms with Crippen molar-refractivity contribution in [2.45, 2.75) is 45.8 Å². The summed E-state index contributed by atoms with van der Waals surface area (Å²) in [5.74, 6) is 0.749. The van der Waals surface area contributed by atoms with Crippen LogP contribution < -0.4 is 10.1 Å². The fourth-order valence-corrected chi connectivity index (χ4v) is 1.41. The van der Waals surface area contributed by atoms with Crippen molar-refractivity contribution in [3.05, 3.63) is 24.0 Å². The minimum Gasteiger partial charge on any atom is -0.492 e. The Bertz CT molecular complexity index is 331. The van der Waals surface area contributed by atoms with Crippen molar-refractivity contribution in [1.82, 2.24) is 10.3 Å². The second-order valence-electron chi connectivity index (χ2n) is 5.07. The minimum absolute atomic E-state index is 0.499. The molecular formula is C14H24N2O2. The molecule has 102 valence electrons. The van der Waals surface area contributed by atoms with E-state index >= 15 is 0 Å². The number of aliphatic hydroxyl groups is 1. The predicted octanol–water partition coefficient (Wildman–Crippen LogP) is 2.12. The summed E-state index contributed by atoms with van der Waals surface area (Å²) in [5.41, 5.74) is 0.329. The Morgan fingerprint density at radius 2 is 2.17 bits per heavy atom. The first-order valence-electron chi connectivity index (χ1n) is 6.52. The molecule has 0 bridgehead atoms. The molecule has 0 aromatic carbocycles. The lowest BCUT2D eigenvalue weighted by Gasteiger charge is -2.16. The lowest BCUT2D eigenvalue weighted by Crippen LogP contribution is -2.21. The Morgan fingerprint density at radius 1 is 1.39 bits per heavy atom. The molecule has 0 atom stereocenters. The smallest absolute Gasteiger partial charge is 0.137 e. The van der Waals surface area contributed by atoms with E-state index in [9.17, 15) is 5.11 Å². The highest BCUT2D eigenvalue weighted by molar-refractivity contribution is 5.19. The number of nitrogens with zero attached hydrogens (tertiary/aromatic N) is 1. The molecule has 0 fully saturated rings. The van der Waals surface area contributed by atoms with Crippen LogP contribution in [0.3, 0.4) is 0 Å². The Hall–Kier alpha value is -1.13. The van der Waals surface area contributed by atoms with Crippen LogP contribution in [0.5, 0.6) is 5.75 Å². The van der Waals surface area contributed by atoms with Gasteiger partial charge in [-0.05, 0) is 38.9 Å². The zero-order chi connectivity index (χ0) is 13.4. The second-order valence-corrected chi connectivity index (χ2v) is 5.07. The van der Waals surface area contributed by atoms with Gasteiger partial charge in [-0.2, -0.15) is 0 Å². The third-order valence-electron chi connectivity index (χ3n) is 2.51. The van der Waals surface area contributed by atoms with E-state index < -0.39 is 5.60 Å². The molecule has 0 aliphatic heterocycles. The monoisotopic (exact) mass is 252 g/mol. The van der Waals surface area contributed by atoms with E-state index in [0.29, 0.717) is 13.0 Å². The van der Waals surface area contributed by atoms with Gasteiger partial charge in [-0.25, -0.2) is 0 Å². The lowest BCUT2D eigenvalue weighted by molar-refractivity contribution is 0.0553. The summed E-state index contributed by atoms with van der Waals surface area (Å²) in [6, 6.07) is 3.88. The Morgan fingerprint density at radius 3 is 2.72 bits per heavy atom. The highest BCUT2D eigenvalue weighted by Crippen LogP contribution is 2.12. The molecule has 0 spiro atoms. The topological polar surface area (TPSA) is 54.4 Å². The molecule has 0 unspecified atom stereocenters. The number of pyridine rings is 1. The summed E-state index contributed by atoms with van der Waals surface area (Å²) >= 11 is 0. The van der Waals surface area contributed by atoms with Gasteiger partial charge in [0.25, 0.3) is 0 Å². The Labute approximate surface area is 109 Å². The zero-order valence-electron chi connectivity index (χ0n) is 11.6. The van der Waals surface area contributed by atoms with Crippen LogP contribution in [0.1, 0.15) is 39.3 Å². The maximum atomic E-state index is 9.56. The van der Waals surface area contributed by atoms with Crippen LogP contribution in [0.15, 0.2) is 18.3 Å². The highest BCUT2D eigenvalue weighted by Gasteiger charge is 2.11. The van der Waals surface area contributed by atoms with E-state index in [4.69, 9.17) is 4.74 Å². The Balaban J connectivity index is 2.31. The molecule has 1 aromatic heterocycles. The number of hydrogen-bond acceptors (Lipinski definition) is 4. The summed E-state index contributed by atoms with van der Waals surface area (Å²) in [7, 11) is 0. The molecule has 0 aliphatic carbocycles. The third-order valence-corrected chi connectivity index (χ3v) is 2.51. The molecule has 1 rings (SSSR count). The van der Waals surface area contributed by atoms with Gasteiger partial charge in [0.15, 0.2) is 0 Å². The number of ether oxygens (including phenoxy) is 1. The van der Waals surface area contributed by atoms with Crippen molar-refractivity contribution in [2.24, 2.45) is 0 Å². The minimum atomic E-state index is -0.683. The largest absolute Gasteiger partial charge is 0.492 e. The molecule has 18 heavy (non-hydrogen) atoms. The third kappa shape index (κ3) is 6.57. The first-order chi connectivity index (χ1) is 8.51. The first-order valence-corrected chi connectivity index (χ1v) is 6.52. The summed E-state index contributed by atoms with van der Waals surface area (Å²) in [4.78, 5) is 4.32. The number of aromatic nitrogens is 1. The number of rotatable bonds is 8. The van der Waals surface area contributed by atoms with Crippen LogP contribution in [-0.2, 0) is 6.54 Å². The maximum Gasteiger partial charge on any atom is 0.137 e. The van der Waals surface area contributed by atoms with Gasteiger partial charge in [-0.15, -0.1) is 0 Å². The normalized spacial score (nSPS) is 11.6. The van der Waals surface area contributed by atoms with Crippen LogP contribution in [0.4, 0.5) is 0 Å². The van der Waals surface area contributed by atoms with Crippen molar-refractivity contribution in [3.8, 4) is 5.75 Å². The SMILES string of the molecule is CCCNCc1ccc(OCCC(C)(C)O)cn1. The standard InChI is InChI=1S/C14H24N2O2/c1-4-8-15-10-12-5-6-13(11-16-12)18-9-7-14(2,3)17/h5-6,11,15,17H,4,7-10H2,1-3H3. The van der Waals surface area contributed by atoms with Gasteiger partial charge >= 0.3 is 0 Å². The molecule has 4 nitrogen and oxygen atoms in total. The molecule has 4 heteroatoms. The van der Waals surface area contributed by atoms with Crippen LogP contribution in [0.2, 0.25) is 0 Å². The van der Waals surface area contributed by atoms with Crippen LogP contribution in [0.25, 0.3) is 0 Å². The van der Waals surface area contributed by atoms with Crippen molar-refractivity contribution in [2.75, 3.05) is 13.2 Å². The maximum absolute atomic E-state index is 9.56. The van der Waals surface area contributed by atoms with E-state index in [1.165, 1.54) is 0 Å². The molecule has 0 saturated carbocycles. The fraction of sp³-hybridized carbons (Fsp3) is 0.643. The van der Waals surface area contributed by atoms with Crippen molar-refractivity contribution in [3.63, 3.8) is 0 Å². The summed E-state index contributed by atoms with van der Waals surface area (Å²) in [6.45, 7) is 7.98. The van der Waals surface area contributed by atoms with Gasteiger partial charge in [0.1, 0.15) is 5.75 Å².